The first-order valence-electron chi connectivity index (χ1n) is 7.09. The maximum Gasteiger partial charge on any atom is 0.407 e. The molecule has 0 atom stereocenters. The van der Waals surface area contributed by atoms with E-state index in [1.807, 2.05) is 26.0 Å². The van der Waals surface area contributed by atoms with Crippen LogP contribution in [0.2, 0.25) is 0 Å². The molecule has 0 fully saturated rings. The summed E-state index contributed by atoms with van der Waals surface area (Å²) in [5.41, 5.74) is 6.49. The SMILES string of the molecule is CC.COCCCCCNC(=O)OCC1=C=C=CC=C1.[HH].[V]. The zero-order chi connectivity index (χ0) is 15.1. The van der Waals surface area contributed by atoms with Crippen LogP contribution in [0.25, 0.3) is 0 Å². The van der Waals surface area contributed by atoms with Crippen molar-refractivity contribution in [2.45, 2.75) is 33.1 Å². The van der Waals surface area contributed by atoms with Crippen molar-refractivity contribution in [1.82, 2.24) is 5.32 Å². The maximum atomic E-state index is 11.3. The number of amides is 1. The van der Waals surface area contributed by atoms with E-state index in [2.05, 4.69) is 16.8 Å². The number of carbonyl (C=O) groups is 1. The van der Waals surface area contributed by atoms with Gasteiger partial charge in [0.15, 0.2) is 0 Å². The van der Waals surface area contributed by atoms with Crippen LogP contribution in [0.1, 0.15) is 34.5 Å². The molecule has 1 aliphatic rings. The summed E-state index contributed by atoms with van der Waals surface area (Å²) in [6, 6.07) is 0. The van der Waals surface area contributed by atoms with E-state index >= 15 is 0 Å². The van der Waals surface area contributed by atoms with Gasteiger partial charge in [-0.3, -0.25) is 0 Å². The average Bonchev–Trinajstić information content (AvgIpc) is 2.52. The number of rotatable bonds is 8. The van der Waals surface area contributed by atoms with Crippen molar-refractivity contribution in [1.29, 1.82) is 0 Å². The summed E-state index contributed by atoms with van der Waals surface area (Å²) in [7, 11) is 1.69. The molecule has 0 aromatic rings. The van der Waals surface area contributed by atoms with Crippen molar-refractivity contribution < 1.29 is 34.3 Å². The van der Waals surface area contributed by atoms with E-state index < -0.39 is 0 Å². The Morgan fingerprint density at radius 1 is 1.33 bits per heavy atom. The quantitative estimate of drug-likeness (QED) is 0.546. The predicted octanol–water partition coefficient (Wildman–Crippen LogP) is 3.61. The molecule has 0 heterocycles. The second-order valence-electron chi connectivity index (χ2n) is 3.88. The summed E-state index contributed by atoms with van der Waals surface area (Å²) in [5, 5.41) is 2.70. The van der Waals surface area contributed by atoms with E-state index in [-0.39, 0.29) is 32.7 Å². The molecule has 0 spiro atoms. The van der Waals surface area contributed by atoms with E-state index in [0.717, 1.165) is 31.4 Å². The van der Waals surface area contributed by atoms with Gasteiger partial charge in [-0.15, -0.1) is 0 Å². The summed E-state index contributed by atoms with van der Waals surface area (Å²) in [5.74, 6) is 0. The zero-order valence-electron chi connectivity index (χ0n) is 13.1. The van der Waals surface area contributed by atoms with E-state index in [1.54, 1.807) is 13.2 Å². The summed E-state index contributed by atoms with van der Waals surface area (Å²) < 4.78 is 9.97. The van der Waals surface area contributed by atoms with Gasteiger partial charge >= 0.3 is 6.09 Å². The van der Waals surface area contributed by atoms with Crippen LogP contribution in [0.4, 0.5) is 4.79 Å². The fourth-order valence-electron chi connectivity index (χ4n) is 1.41. The number of unbranched alkanes of at least 4 members (excludes halogenated alkanes) is 2. The molecule has 0 aromatic carbocycles. The van der Waals surface area contributed by atoms with Gasteiger partial charge in [-0.25, -0.2) is 4.79 Å². The van der Waals surface area contributed by atoms with Crippen LogP contribution >= 0.6 is 0 Å². The third-order valence-electron chi connectivity index (χ3n) is 2.36. The first kappa shape index (κ1) is 22.1. The van der Waals surface area contributed by atoms with Gasteiger partial charge in [0, 0.05) is 45.8 Å². The Hall–Kier alpha value is -1.15. The number of hydrogen-bond donors (Lipinski definition) is 1. The van der Waals surface area contributed by atoms with Gasteiger partial charge in [-0.1, -0.05) is 31.4 Å². The van der Waals surface area contributed by atoms with E-state index in [9.17, 15) is 4.79 Å². The zero-order valence-corrected chi connectivity index (χ0v) is 14.5. The Bertz CT molecular complexity index is 398. The van der Waals surface area contributed by atoms with E-state index in [0.29, 0.717) is 6.54 Å². The molecule has 0 unspecified atom stereocenters. The van der Waals surface area contributed by atoms with Crippen molar-refractivity contribution in [3.8, 4) is 0 Å². The van der Waals surface area contributed by atoms with E-state index in [4.69, 9.17) is 9.47 Å². The molecule has 0 saturated carbocycles. The minimum atomic E-state index is -0.390. The normalized spacial score (nSPS) is 10.9. The average molecular weight is 332 g/mol. The van der Waals surface area contributed by atoms with Crippen molar-refractivity contribution in [3.63, 3.8) is 0 Å². The van der Waals surface area contributed by atoms with Crippen molar-refractivity contribution >= 4 is 6.09 Å². The summed E-state index contributed by atoms with van der Waals surface area (Å²) in [6.07, 6.45) is 8.03. The Balaban J connectivity index is -0.000000864. The first-order valence-corrected chi connectivity index (χ1v) is 7.09. The number of ether oxygens (including phenoxy) is 2. The Morgan fingerprint density at radius 2 is 2.10 bits per heavy atom. The number of hydrogen-bond acceptors (Lipinski definition) is 3. The molecular weight excluding hydrogens is 305 g/mol. The first-order chi connectivity index (χ1) is 9.83. The largest absolute Gasteiger partial charge is 0.444 e. The number of methoxy groups -OCH3 is 1. The maximum absolute atomic E-state index is 11.3. The van der Waals surface area contributed by atoms with Gasteiger partial charge < -0.3 is 14.8 Å². The second kappa shape index (κ2) is 16.9. The Labute approximate surface area is 141 Å². The molecule has 1 radical (unpaired) electrons. The number of allylic oxidation sites excluding steroid dienone is 2. The fourth-order valence-corrected chi connectivity index (χ4v) is 1.41. The van der Waals surface area contributed by atoms with Crippen LogP contribution in [0.5, 0.6) is 0 Å². The van der Waals surface area contributed by atoms with E-state index in [1.165, 1.54) is 0 Å². The third kappa shape index (κ3) is 13.6. The number of carbonyl (C=O) groups excluding carboxylic acids is 1. The molecule has 1 rings (SSSR count). The molecule has 5 heteroatoms. The Morgan fingerprint density at radius 3 is 2.71 bits per heavy atom. The minimum Gasteiger partial charge on any atom is -0.444 e. The van der Waals surface area contributed by atoms with Crippen LogP contribution in [-0.4, -0.2) is 33.0 Å². The molecule has 21 heavy (non-hydrogen) atoms. The summed E-state index contributed by atoms with van der Waals surface area (Å²) in [6.45, 7) is 5.63. The van der Waals surface area contributed by atoms with Crippen LogP contribution in [0.3, 0.4) is 0 Å². The van der Waals surface area contributed by atoms with Gasteiger partial charge in [0.05, 0.1) is 0 Å². The molecule has 1 aliphatic carbocycles. The van der Waals surface area contributed by atoms with Gasteiger partial charge in [-0.2, -0.15) is 0 Å². The van der Waals surface area contributed by atoms with Gasteiger partial charge in [-0.05, 0) is 31.4 Å². The molecule has 0 saturated heterocycles. The standard InChI is InChI=1S/C14H19NO3.C2H6.V.H2/c1-17-11-7-3-6-10-15-14(16)18-12-13-8-4-2-5-9-13;1-2;;/h2,4,8H,3,6-7,10-12H2,1H3,(H,15,16);1-2H3;;1H. The molecule has 0 aliphatic heterocycles. The second-order valence-corrected chi connectivity index (χ2v) is 3.88. The molecular formula is C16H27NO3V. The minimum absolute atomic E-state index is 0. The van der Waals surface area contributed by atoms with Crippen LogP contribution in [-0.2, 0) is 28.0 Å². The molecule has 1 amide bonds. The van der Waals surface area contributed by atoms with Crippen molar-refractivity contribution in [2.24, 2.45) is 0 Å². The molecule has 0 aromatic heterocycles. The smallest absolute Gasteiger partial charge is 0.407 e. The van der Waals surface area contributed by atoms with Crippen LogP contribution in [0, 0.1) is 0 Å². The topological polar surface area (TPSA) is 47.6 Å². The summed E-state index contributed by atoms with van der Waals surface area (Å²) >= 11 is 0. The predicted molar refractivity (Wildman–Crippen MR) is 82.8 cm³/mol. The van der Waals surface area contributed by atoms with Crippen molar-refractivity contribution in [3.05, 3.63) is 35.3 Å². The third-order valence-corrected chi connectivity index (χ3v) is 2.36. The number of nitrogens with one attached hydrogen (secondary N) is 1. The summed E-state index contributed by atoms with van der Waals surface area (Å²) in [4.78, 5) is 11.3. The van der Waals surface area contributed by atoms with Crippen molar-refractivity contribution in [2.75, 3.05) is 26.9 Å². The Kier molecular flexibility index (Phi) is 17.8. The van der Waals surface area contributed by atoms with Gasteiger partial charge in [0.25, 0.3) is 0 Å². The molecule has 119 valence electrons. The number of alkyl carbamates (subject to hydrolysis) is 1. The van der Waals surface area contributed by atoms with Crippen LogP contribution in [0.15, 0.2) is 35.3 Å². The fraction of sp³-hybridized carbons (Fsp3) is 0.562. The van der Waals surface area contributed by atoms with Crippen LogP contribution < -0.4 is 5.32 Å². The van der Waals surface area contributed by atoms with Gasteiger partial charge in [0.2, 0.25) is 0 Å². The molecule has 4 nitrogen and oxygen atoms in total. The molecule has 0 bridgehead atoms. The monoisotopic (exact) mass is 332 g/mol. The molecule has 1 N–H and O–H groups in total. The van der Waals surface area contributed by atoms with Gasteiger partial charge in [0.1, 0.15) is 6.61 Å².